The molecule has 1 aromatic heterocycles. The summed E-state index contributed by atoms with van der Waals surface area (Å²) in [6.07, 6.45) is 1.73. The Morgan fingerprint density at radius 3 is 2.67 bits per heavy atom. The molecular weight excluding hydrogens is 270 g/mol. The number of furan rings is 1. The molecule has 0 aliphatic carbocycles. The monoisotopic (exact) mass is 287 g/mol. The molecule has 1 atom stereocenters. The summed E-state index contributed by atoms with van der Waals surface area (Å²) in [5.74, 6) is -0.381. The number of aromatic carboxylic acids is 1. The molecule has 0 aliphatic rings. The van der Waals surface area contributed by atoms with Gasteiger partial charge in [0, 0.05) is 7.05 Å². The summed E-state index contributed by atoms with van der Waals surface area (Å²) in [4.78, 5) is 24.8. The molecule has 1 unspecified atom stereocenters. The lowest BCUT2D eigenvalue weighted by Crippen LogP contribution is -2.30. The van der Waals surface area contributed by atoms with Crippen LogP contribution in [0.15, 0.2) is 47.1 Å². The fraction of sp³-hybridized carbons (Fsp3) is 0.250. The highest BCUT2D eigenvalue weighted by Crippen LogP contribution is 2.20. The van der Waals surface area contributed by atoms with Crippen molar-refractivity contribution >= 4 is 11.9 Å². The Kier molecular flexibility index (Phi) is 4.42. The van der Waals surface area contributed by atoms with Crippen LogP contribution < -0.4 is 0 Å². The molecule has 0 saturated carbocycles. The summed E-state index contributed by atoms with van der Waals surface area (Å²) in [7, 11) is 1.70. The van der Waals surface area contributed by atoms with Crippen LogP contribution in [0.5, 0.6) is 0 Å². The highest BCUT2D eigenvalue weighted by atomic mass is 16.4. The van der Waals surface area contributed by atoms with Crippen LogP contribution in [-0.2, 0) is 11.2 Å². The Morgan fingerprint density at radius 2 is 2.05 bits per heavy atom. The molecule has 1 heterocycles. The molecular formula is C16H17NO4. The number of rotatable bonds is 5. The molecule has 5 nitrogen and oxygen atoms in total. The van der Waals surface area contributed by atoms with Gasteiger partial charge in [-0.3, -0.25) is 4.79 Å². The summed E-state index contributed by atoms with van der Waals surface area (Å²) >= 11 is 0. The minimum absolute atomic E-state index is 0.0959. The van der Waals surface area contributed by atoms with E-state index in [0.717, 1.165) is 0 Å². The second-order valence-electron chi connectivity index (χ2n) is 4.88. The molecule has 0 saturated heterocycles. The average molecular weight is 287 g/mol. The molecule has 21 heavy (non-hydrogen) atoms. The van der Waals surface area contributed by atoms with Gasteiger partial charge in [0.1, 0.15) is 5.76 Å². The first-order chi connectivity index (χ1) is 9.99. The van der Waals surface area contributed by atoms with Gasteiger partial charge in [0.2, 0.25) is 5.91 Å². The molecule has 1 N–H and O–H groups in total. The van der Waals surface area contributed by atoms with Crippen LogP contribution in [0.1, 0.15) is 34.6 Å². The third kappa shape index (κ3) is 3.51. The Morgan fingerprint density at radius 1 is 1.29 bits per heavy atom. The van der Waals surface area contributed by atoms with Crippen molar-refractivity contribution in [2.75, 3.05) is 7.05 Å². The molecule has 0 spiro atoms. The smallest absolute Gasteiger partial charge is 0.335 e. The highest BCUT2D eigenvalue weighted by Gasteiger charge is 2.19. The van der Waals surface area contributed by atoms with Crippen molar-refractivity contribution in [3.63, 3.8) is 0 Å². The van der Waals surface area contributed by atoms with Gasteiger partial charge in [-0.15, -0.1) is 0 Å². The predicted molar refractivity (Wildman–Crippen MR) is 77.0 cm³/mol. The number of carbonyl (C=O) groups is 2. The molecule has 5 heteroatoms. The van der Waals surface area contributed by atoms with Crippen LogP contribution in [0, 0.1) is 0 Å². The van der Waals surface area contributed by atoms with Crippen LogP contribution >= 0.6 is 0 Å². The third-order valence-corrected chi connectivity index (χ3v) is 3.46. The first-order valence-electron chi connectivity index (χ1n) is 6.60. The fourth-order valence-corrected chi connectivity index (χ4v) is 2.05. The lowest BCUT2D eigenvalue weighted by Gasteiger charge is -2.23. The van der Waals surface area contributed by atoms with Crippen molar-refractivity contribution in [2.24, 2.45) is 0 Å². The Bertz CT molecular complexity index is 633. The van der Waals surface area contributed by atoms with E-state index in [1.54, 1.807) is 36.4 Å². The number of amides is 1. The first kappa shape index (κ1) is 14.8. The minimum Gasteiger partial charge on any atom is -0.478 e. The maximum atomic E-state index is 12.3. The normalized spacial score (nSPS) is 11.9. The zero-order valence-electron chi connectivity index (χ0n) is 11.9. The SMILES string of the molecule is CC(c1ccco1)N(C)C(=O)Cc1cccc(C(=O)O)c1. The topological polar surface area (TPSA) is 70.8 Å². The van der Waals surface area contributed by atoms with E-state index in [-0.39, 0.29) is 23.9 Å². The molecule has 0 fully saturated rings. The van der Waals surface area contributed by atoms with Gasteiger partial charge in [-0.2, -0.15) is 0 Å². The van der Waals surface area contributed by atoms with Gasteiger partial charge in [-0.1, -0.05) is 12.1 Å². The molecule has 110 valence electrons. The van der Waals surface area contributed by atoms with Gasteiger partial charge in [0.25, 0.3) is 0 Å². The molecule has 0 aliphatic heterocycles. The van der Waals surface area contributed by atoms with E-state index in [0.29, 0.717) is 11.3 Å². The van der Waals surface area contributed by atoms with Crippen molar-refractivity contribution in [1.29, 1.82) is 0 Å². The lowest BCUT2D eigenvalue weighted by molar-refractivity contribution is -0.131. The van der Waals surface area contributed by atoms with Gasteiger partial charge in [0.15, 0.2) is 0 Å². The molecule has 1 amide bonds. The van der Waals surface area contributed by atoms with E-state index in [2.05, 4.69) is 0 Å². The number of carboxylic acid groups (broad SMARTS) is 1. The Balaban J connectivity index is 2.07. The maximum absolute atomic E-state index is 12.3. The standard InChI is InChI=1S/C16H17NO4/c1-11(14-7-4-8-21-14)17(2)15(18)10-12-5-3-6-13(9-12)16(19)20/h3-9,11H,10H2,1-2H3,(H,19,20). The second kappa shape index (κ2) is 6.26. The van der Waals surface area contributed by atoms with Gasteiger partial charge in [-0.05, 0) is 36.8 Å². The van der Waals surface area contributed by atoms with Crippen molar-refractivity contribution in [2.45, 2.75) is 19.4 Å². The van der Waals surface area contributed by atoms with Gasteiger partial charge < -0.3 is 14.4 Å². The molecule has 2 rings (SSSR count). The summed E-state index contributed by atoms with van der Waals surface area (Å²) in [6, 6.07) is 9.84. The minimum atomic E-state index is -0.999. The van der Waals surface area contributed by atoms with Gasteiger partial charge in [0.05, 0.1) is 24.3 Å². The summed E-state index contributed by atoms with van der Waals surface area (Å²) < 4.78 is 5.30. The number of hydrogen-bond donors (Lipinski definition) is 1. The van der Waals surface area contributed by atoms with E-state index >= 15 is 0 Å². The van der Waals surface area contributed by atoms with E-state index in [1.165, 1.54) is 12.1 Å². The maximum Gasteiger partial charge on any atom is 0.335 e. The average Bonchev–Trinajstić information content (AvgIpc) is 3.00. The number of nitrogens with zero attached hydrogens (tertiary/aromatic N) is 1. The van der Waals surface area contributed by atoms with Crippen molar-refractivity contribution in [1.82, 2.24) is 4.90 Å². The van der Waals surface area contributed by atoms with Crippen LogP contribution in [0.25, 0.3) is 0 Å². The van der Waals surface area contributed by atoms with E-state index in [4.69, 9.17) is 9.52 Å². The van der Waals surface area contributed by atoms with Crippen LogP contribution in [0.4, 0.5) is 0 Å². The van der Waals surface area contributed by atoms with Gasteiger partial charge in [-0.25, -0.2) is 4.79 Å². The number of hydrogen-bond acceptors (Lipinski definition) is 3. The molecule has 2 aromatic rings. The molecule has 0 bridgehead atoms. The Hall–Kier alpha value is -2.56. The third-order valence-electron chi connectivity index (χ3n) is 3.46. The Labute approximate surface area is 122 Å². The van der Waals surface area contributed by atoms with Crippen molar-refractivity contribution < 1.29 is 19.1 Å². The van der Waals surface area contributed by atoms with Crippen LogP contribution in [0.2, 0.25) is 0 Å². The number of carboxylic acids is 1. The van der Waals surface area contributed by atoms with E-state index in [9.17, 15) is 9.59 Å². The summed E-state index contributed by atoms with van der Waals surface area (Å²) in [6.45, 7) is 1.88. The van der Waals surface area contributed by atoms with Crippen LogP contribution in [-0.4, -0.2) is 28.9 Å². The first-order valence-corrected chi connectivity index (χ1v) is 6.60. The number of carbonyl (C=O) groups excluding carboxylic acids is 1. The number of likely N-dealkylation sites (N-methyl/N-ethyl adjacent to an activating group) is 1. The van der Waals surface area contributed by atoms with Gasteiger partial charge >= 0.3 is 5.97 Å². The largest absolute Gasteiger partial charge is 0.478 e. The predicted octanol–water partition coefficient (Wildman–Crippen LogP) is 2.74. The molecule has 0 radical (unpaired) electrons. The summed E-state index contributed by atoms with van der Waals surface area (Å²) in [5, 5.41) is 8.96. The number of benzene rings is 1. The second-order valence-corrected chi connectivity index (χ2v) is 4.88. The molecule has 1 aromatic carbocycles. The van der Waals surface area contributed by atoms with Crippen molar-refractivity contribution in [3.8, 4) is 0 Å². The highest BCUT2D eigenvalue weighted by molar-refractivity contribution is 5.88. The van der Waals surface area contributed by atoms with Crippen molar-refractivity contribution in [3.05, 3.63) is 59.5 Å². The van der Waals surface area contributed by atoms with Crippen LogP contribution in [0.3, 0.4) is 0 Å². The fourth-order valence-electron chi connectivity index (χ4n) is 2.05. The lowest BCUT2D eigenvalue weighted by atomic mass is 10.1. The zero-order chi connectivity index (χ0) is 15.4. The quantitative estimate of drug-likeness (QED) is 0.918. The zero-order valence-corrected chi connectivity index (χ0v) is 11.9. The van der Waals surface area contributed by atoms with E-state index < -0.39 is 5.97 Å². The summed E-state index contributed by atoms with van der Waals surface area (Å²) in [5.41, 5.74) is 0.862. The van der Waals surface area contributed by atoms with E-state index in [1.807, 2.05) is 13.0 Å².